The van der Waals surface area contributed by atoms with Gasteiger partial charge in [0.05, 0.1) is 0 Å². The molecule has 0 radical (unpaired) electrons. The molecule has 8 heteroatoms. The van der Waals surface area contributed by atoms with E-state index in [1.165, 1.54) is 0 Å². The van der Waals surface area contributed by atoms with Gasteiger partial charge in [-0.05, 0) is 55.0 Å². The Bertz CT molecular complexity index is 1460. The number of para-hydroxylation sites is 7. The van der Waals surface area contributed by atoms with Crippen LogP contribution in [0.4, 0.5) is 17.1 Å². The highest BCUT2D eigenvalue weighted by Crippen LogP contribution is 2.35. The maximum Gasteiger partial charge on any atom is 0.146 e. The lowest BCUT2D eigenvalue weighted by Gasteiger charge is -2.33. The van der Waals surface area contributed by atoms with Crippen molar-refractivity contribution >= 4 is 23.1 Å². The number of hydrogen-bond donors (Lipinski definition) is 1. The van der Waals surface area contributed by atoms with Crippen LogP contribution in [0.2, 0.25) is 0 Å². The van der Waals surface area contributed by atoms with Gasteiger partial charge in [-0.3, -0.25) is 0 Å². The van der Waals surface area contributed by atoms with Gasteiger partial charge in [-0.1, -0.05) is 54.6 Å². The largest absolute Gasteiger partial charge is 0.492 e. The molecule has 0 atom stereocenters. The highest BCUT2D eigenvalue weighted by Gasteiger charge is 2.36. The van der Waals surface area contributed by atoms with Crippen molar-refractivity contribution in [3.63, 3.8) is 0 Å². The Labute approximate surface area is 227 Å². The van der Waals surface area contributed by atoms with E-state index in [1.54, 1.807) is 12.1 Å². The Morgan fingerprint density at radius 1 is 0.744 bits per heavy atom. The van der Waals surface area contributed by atoms with Gasteiger partial charge in [0.15, 0.2) is 0 Å². The maximum absolute atomic E-state index is 7.54. The standard InChI is InChI=1S/C31H28N4O4/c1-23-10-2-6-14-27(23)36-18-31(21-39-30-17-9-5-13-26(30)35-32)19-37-28-15-7-3-11-24(28)33-22-34-25-12-4-8-16-29(25)38-20-31/h2-17,32H,18-21H2,1H3. The molecule has 0 saturated carbocycles. The van der Waals surface area contributed by atoms with E-state index in [-0.39, 0.29) is 26.4 Å². The lowest BCUT2D eigenvalue weighted by molar-refractivity contribution is -0.00327. The van der Waals surface area contributed by atoms with Crippen LogP contribution in [0.25, 0.3) is 0 Å². The molecule has 1 N–H and O–H groups in total. The molecule has 4 aromatic rings. The number of fused-ring (bicyclic) bond motifs is 2. The van der Waals surface area contributed by atoms with Gasteiger partial charge in [0, 0.05) is 0 Å². The van der Waals surface area contributed by atoms with Gasteiger partial charge in [-0.25, -0.2) is 5.53 Å². The smallest absolute Gasteiger partial charge is 0.146 e. The molecule has 196 valence electrons. The van der Waals surface area contributed by atoms with Crippen molar-refractivity contribution in [2.75, 3.05) is 26.4 Å². The number of hydrogen-bond acceptors (Lipinski definition) is 8. The summed E-state index contributed by atoms with van der Waals surface area (Å²) in [5.74, 6) is 2.41. The van der Waals surface area contributed by atoms with Crippen LogP contribution >= 0.6 is 0 Å². The highest BCUT2D eigenvalue weighted by molar-refractivity contribution is 5.64. The number of rotatable bonds is 7. The van der Waals surface area contributed by atoms with Crippen LogP contribution in [0.15, 0.2) is 112 Å². The van der Waals surface area contributed by atoms with Crippen LogP contribution in [0.3, 0.4) is 0 Å². The van der Waals surface area contributed by atoms with Crippen molar-refractivity contribution in [2.24, 2.45) is 20.5 Å². The Hall–Kier alpha value is -4.94. The Morgan fingerprint density at radius 3 is 1.87 bits per heavy atom. The number of ether oxygens (including phenoxy) is 4. The molecule has 8 nitrogen and oxygen atoms in total. The second-order valence-electron chi connectivity index (χ2n) is 9.26. The van der Waals surface area contributed by atoms with Gasteiger partial charge >= 0.3 is 0 Å². The third-order valence-electron chi connectivity index (χ3n) is 6.29. The van der Waals surface area contributed by atoms with Crippen LogP contribution in [0.1, 0.15) is 5.56 Å². The summed E-state index contributed by atoms with van der Waals surface area (Å²) in [4.78, 5) is 8.79. The molecule has 39 heavy (non-hydrogen) atoms. The summed E-state index contributed by atoms with van der Waals surface area (Å²) in [5, 5.41) is 3.60. The van der Waals surface area contributed by atoms with E-state index in [1.807, 2.05) is 91.9 Å². The van der Waals surface area contributed by atoms with Gasteiger partial charge in [0.1, 0.15) is 77.9 Å². The zero-order valence-electron chi connectivity index (χ0n) is 21.5. The third-order valence-corrected chi connectivity index (χ3v) is 6.29. The van der Waals surface area contributed by atoms with E-state index in [2.05, 4.69) is 21.1 Å². The Morgan fingerprint density at radius 2 is 1.26 bits per heavy atom. The summed E-state index contributed by atoms with van der Waals surface area (Å²) in [6.45, 7) is 2.80. The summed E-state index contributed by atoms with van der Waals surface area (Å²) in [7, 11) is 0. The number of aliphatic imine (C=N–C) groups is 2. The van der Waals surface area contributed by atoms with Gasteiger partial charge in [-0.2, -0.15) is 15.1 Å². The summed E-state index contributed by atoms with van der Waals surface area (Å²) in [6.07, 6.45) is 0. The number of benzene rings is 4. The van der Waals surface area contributed by atoms with Crippen LogP contribution in [0.5, 0.6) is 23.0 Å². The molecule has 1 aliphatic rings. The fraction of sp³-hybridized carbons (Fsp3) is 0.194. The molecular formula is C31H28N4O4. The summed E-state index contributed by atoms with van der Waals surface area (Å²) < 4.78 is 25.3. The van der Waals surface area contributed by atoms with Crippen molar-refractivity contribution in [2.45, 2.75) is 6.92 Å². The van der Waals surface area contributed by atoms with Gasteiger partial charge < -0.3 is 18.9 Å². The van der Waals surface area contributed by atoms with E-state index in [0.29, 0.717) is 34.3 Å². The highest BCUT2D eigenvalue weighted by atomic mass is 16.5. The van der Waals surface area contributed by atoms with Crippen molar-refractivity contribution in [1.29, 1.82) is 5.53 Å². The minimum atomic E-state index is -0.787. The molecule has 1 heterocycles. The molecule has 4 aromatic carbocycles. The molecular weight excluding hydrogens is 492 g/mol. The second kappa shape index (κ2) is 12.1. The Balaban J connectivity index is 1.54. The minimum Gasteiger partial charge on any atom is -0.492 e. The first kappa shape index (κ1) is 25.7. The number of aryl methyl sites for hydroxylation is 1. The normalized spacial score (nSPS) is 16.3. The molecule has 0 fully saturated rings. The number of nitrogens with zero attached hydrogens (tertiary/aromatic N) is 3. The molecule has 0 aromatic heterocycles. The van der Waals surface area contributed by atoms with E-state index in [0.717, 1.165) is 11.3 Å². The predicted molar refractivity (Wildman–Crippen MR) is 149 cm³/mol. The van der Waals surface area contributed by atoms with Gasteiger partial charge in [-0.15, -0.1) is 0 Å². The SMILES string of the molecule is Cc1ccccc1OCC1(COc2ccccc2N=N)COc2ccccc2N=C=Nc2ccccc2OC1. The average molecular weight is 521 g/mol. The average Bonchev–Trinajstić information content (AvgIpc) is 2.98. The van der Waals surface area contributed by atoms with Crippen molar-refractivity contribution in [1.82, 2.24) is 0 Å². The van der Waals surface area contributed by atoms with E-state index < -0.39 is 5.41 Å². The van der Waals surface area contributed by atoms with Crippen molar-refractivity contribution in [3.8, 4) is 23.0 Å². The monoisotopic (exact) mass is 520 g/mol. The molecule has 0 saturated heterocycles. The van der Waals surface area contributed by atoms with Crippen LogP contribution < -0.4 is 18.9 Å². The predicted octanol–water partition coefficient (Wildman–Crippen LogP) is 7.71. The summed E-state index contributed by atoms with van der Waals surface area (Å²) in [5.41, 5.74) is 9.41. The summed E-state index contributed by atoms with van der Waals surface area (Å²) >= 11 is 0. The quantitative estimate of drug-likeness (QED) is 0.252. The van der Waals surface area contributed by atoms with E-state index in [4.69, 9.17) is 24.5 Å². The maximum atomic E-state index is 7.54. The lowest BCUT2D eigenvalue weighted by Crippen LogP contribution is -2.45. The topological polar surface area (TPSA) is 97.9 Å². The fourth-order valence-corrected chi connectivity index (χ4v) is 4.04. The van der Waals surface area contributed by atoms with E-state index >= 15 is 0 Å². The van der Waals surface area contributed by atoms with Crippen LogP contribution in [-0.4, -0.2) is 32.4 Å². The van der Waals surface area contributed by atoms with Gasteiger partial charge in [0.2, 0.25) is 0 Å². The number of nitrogens with one attached hydrogen (secondary N) is 1. The van der Waals surface area contributed by atoms with Crippen molar-refractivity contribution in [3.05, 3.63) is 103 Å². The third kappa shape index (κ3) is 6.32. The van der Waals surface area contributed by atoms with Gasteiger partial charge in [0.25, 0.3) is 0 Å². The second-order valence-corrected chi connectivity index (χ2v) is 9.26. The molecule has 5 rings (SSSR count). The zero-order valence-corrected chi connectivity index (χ0v) is 21.5. The minimum absolute atomic E-state index is 0.169. The van der Waals surface area contributed by atoms with Crippen LogP contribution in [0, 0.1) is 17.9 Å². The Kier molecular flexibility index (Phi) is 7.95. The zero-order chi connectivity index (χ0) is 26.9. The lowest BCUT2D eigenvalue weighted by atomic mass is 9.91. The molecule has 0 amide bonds. The van der Waals surface area contributed by atoms with Crippen LogP contribution in [-0.2, 0) is 0 Å². The fourth-order valence-electron chi connectivity index (χ4n) is 4.04. The first-order valence-electron chi connectivity index (χ1n) is 12.5. The molecule has 0 bridgehead atoms. The van der Waals surface area contributed by atoms with Crippen molar-refractivity contribution < 1.29 is 18.9 Å². The molecule has 0 unspecified atom stereocenters. The first-order chi connectivity index (χ1) is 19.2. The molecule has 1 aliphatic heterocycles. The van der Waals surface area contributed by atoms with E-state index in [9.17, 15) is 0 Å². The summed E-state index contributed by atoms with van der Waals surface area (Å²) in [6, 6.07) is 32.7. The first-order valence-corrected chi connectivity index (χ1v) is 12.5. The molecule has 0 aliphatic carbocycles. The molecule has 0 spiro atoms.